The number of esters is 1. The van der Waals surface area contributed by atoms with E-state index in [1.165, 1.54) is 13.4 Å². The molecule has 2 aromatic heterocycles. The van der Waals surface area contributed by atoms with Crippen molar-refractivity contribution in [1.29, 1.82) is 0 Å². The highest BCUT2D eigenvalue weighted by Gasteiger charge is 2.19. The highest BCUT2D eigenvalue weighted by molar-refractivity contribution is 5.92. The lowest BCUT2D eigenvalue weighted by Gasteiger charge is -2.07. The van der Waals surface area contributed by atoms with Crippen LogP contribution in [0.2, 0.25) is 0 Å². The molecule has 2 aromatic rings. The SMILES string of the molecule is CCc1nc(C(=O)OC)c(N)n1CCCc1ncn[nH]1. The van der Waals surface area contributed by atoms with Crippen LogP contribution in [0.3, 0.4) is 0 Å². The second-order valence-corrected chi connectivity index (χ2v) is 4.29. The van der Waals surface area contributed by atoms with Crippen LogP contribution in [0.25, 0.3) is 0 Å². The molecule has 0 spiro atoms. The average molecular weight is 278 g/mol. The minimum Gasteiger partial charge on any atom is -0.464 e. The summed E-state index contributed by atoms with van der Waals surface area (Å²) in [5, 5.41) is 6.60. The molecule has 0 aliphatic heterocycles. The van der Waals surface area contributed by atoms with E-state index in [4.69, 9.17) is 5.73 Å². The first-order valence-electron chi connectivity index (χ1n) is 6.44. The van der Waals surface area contributed by atoms with Crippen LogP contribution in [0.15, 0.2) is 6.33 Å². The molecule has 0 bridgehead atoms. The van der Waals surface area contributed by atoms with Gasteiger partial charge in [0, 0.05) is 19.4 Å². The van der Waals surface area contributed by atoms with Crippen molar-refractivity contribution in [3.63, 3.8) is 0 Å². The third kappa shape index (κ3) is 2.79. The Morgan fingerprint density at radius 1 is 1.55 bits per heavy atom. The first-order valence-corrected chi connectivity index (χ1v) is 6.44. The van der Waals surface area contributed by atoms with Crippen molar-refractivity contribution < 1.29 is 9.53 Å². The minimum atomic E-state index is -0.508. The largest absolute Gasteiger partial charge is 0.464 e. The average Bonchev–Trinajstić information content (AvgIpc) is 3.07. The van der Waals surface area contributed by atoms with Crippen molar-refractivity contribution in [3.05, 3.63) is 23.7 Å². The van der Waals surface area contributed by atoms with E-state index in [2.05, 4.69) is 24.9 Å². The zero-order chi connectivity index (χ0) is 14.5. The number of rotatable bonds is 6. The second kappa shape index (κ2) is 6.18. The molecular weight excluding hydrogens is 260 g/mol. The Kier molecular flexibility index (Phi) is 4.34. The number of ether oxygens (including phenoxy) is 1. The van der Waals surface area contributed by atoms with Gasteiger partial charge in [-0.05, 0) is 6.42 Å². The number of aromatic nitrogens is 5. The Balaban J connectivity index is 2.09. The Bertz CT molecular complexity index is 575. The fourth-order valence-corrected chi connectivity index (χ4v) is 2.04. The standard InChI is InChI=1S/C12H18N6O2/c1-3-9-16-10(12(19)20-2)11(13)18(9)6-4-5-8-14-7-15-17-8/h7H,3-6,13H2,1-2H3,(H,14,15,17). The molecule has 0 saturated carbocycles. The number of aryl methyl sites for hydroxylation is 2. The summed E-state index contributed by atoms with van der Waals surface area (Å²) < 4.78 is 6.53. The molecule has 0 radical (unpaired) electrons. The smallest absolute Gasteiger partial charge is 0.360 e. The predicted octanol–water partition coefficient (Wildman–Crippen LogP) is 0.565. The van der Waals surface area contributed by atoms with Crippen molar-refractivity contribution in [2.45, 2.75) is 32.7 Å². The predicted molar refractivity (Wildman–Crippen MR) is 72.1 cm³/mol. The monoisotopic (exact) mass is 278 g/mol. The van der Waals surface area contributed by atoms with Crippen LogP contribution in [0.5, 0.6) is 0 Å². The van der Waals surface area contributed by atoms with Crippen LogP contribution in [0, 0.1) is 0 Å². The fraction of sp³-hybridized carbons (Fsp3) is 0.500. The van der Waals surface area contributed by atoms with Crippen molar-refractivity contribution in [2.24, 2.45) is 0 Å². The van der Waals surface area contributed by atoms with E-state index in [0.717, 1.165) is 24.5 Å². The number of anilines is 1. The van der Waals surface area contributed by atoms with E-state index in [0.29, 0.717) is 18.8 Å². The summed E-state index contributed by atoms with van der Waals surface area (Å²) in [6.45, 7) is 2.63. The lowest BCUT2D eigenvalue weighted by Crippen LogP contribution is -2.10. The molecular formula is C12H18N6O2. The van der Waals surface area contributed by atoms with Gasteiger partial charge in [0.15, 0.2) is 5.69 Å². The quantitative estimate of drug-likeness (QED) is 0.747. The van der Waals surface area contributed by atoms with Crippen molar-refractivity contribution >= 4 is 11.8 Å². The lowest BCUT2D eigenvalue weighted by molar-refractivity contribution is 0.0595. The van der Waals surface area contributed by atoms with Crippen LogP contribution in [-0.4, -0.2) is 37.8 Å². The van der Waals surface area contributed by atoms with Gasteiger partial charge in [-0.3, -0.25) is 5.10 Å². The molecule has 0 aliphatic rings. The summed E-state index contributed by atoms with van der Waals surface area (Å²) in [5.41, 5.74) is 6.16. The molecule has 3 N–H and O–H groups in total. The maximum Gasteiger partial charge on any atom is 0.360 e. The normalized spacial score (nSPS) is 10.7. The highest BCUT2D eigenvalue weighted by Crippen LogP contribution is 2.17. The molecule has 8 nitrogen and oxygen atoms in total. The van der Waals surface area contributed by atoms with Gasteiger partial charge in [0.2, 0.25) is 0 Å². The van der Waals surface area contributed by atoms with Gasteiger partial charge in [-0.1, -0.05) is 6.92 Å². The number of carbonyl (C=O) groups is 1. The van der Waals surface area contributed by atoms with Crippen molar-refractivity contribution in [1.82, 2.24) is 24.7 Å². The summed E-state index contributed by atoms with van der Waals surface area (Å²) in [7, 11) is 1.32. The zero-order valence-corrected chi connectivity index (χ0v) is 11.6. The highest BCUT2D eigenvalue weighted by atomic mass is 16.5. The van der Waals surface area contributed by atoms with Crippen LogP contribution in [0.1, 0.15) is 35.5 Å². The number of hydrogen-bond donors (Lipinski definition) is 2. The van der Waals surface area contributed by atoms with Crippen LogP contribution in [0.4, 0.5) is 5.82 Å². The Labute approximate surface area is 116 Å². The molecule has 0 amide bonds. The maximum atomic E-state index is 11.6. The Hall–Kier alpha value is -2.38. The molecule has 0 atom stereocenters. The van der Waals surface area contributed by atoms with Crippen molar-refractivity contribution in [2.75, 3.05) is 12.8 Å². The second-order valence-electron chi connectivity index (χ2n) is 4.29. The molecule has 2 rings (SSSR count). The first-order chi connectivity index (χ1) is 9.67. The van der Waals surface area contributed by atoms with Gasteiger partial charge in [0.05, 0.1) is 7.11 Å². The molecule has 0 aromatic carbocycles. The summed E-state index contributed by atoms with van der Waals surface area (Å²) in [6, 6.07) is 0. The van der Waals surface area contributed by atoms with Gasteiger partial charge in [0.1, 0.15) is 23.8 Å². The summed E-state index contributed by atoms with van der Waals surface area (Å²) in [6.07, 6.45) is 3.76. The fourth-order valence-electron chi connectivity index (χ4n) is 2.04. The van der Waals surface area contributed by atoms with Gasteiger partial charge < -0.3 is 15.0 Å². The number of nitrogens with two attached hydrogens (primary N) is 1. The number of imidazole rings is 1. The number of methoxy groups -OCH3 is 1. The van der Waals surface area contributed by atoms with E-state index in [1.807, 2.05) is 11.5 Å². The third-order valence-corrected chi connectivity index (χ3v) is 3.04. The lowest BCUT2D eigenvalue weighted by atomic mass is 10.3. The molecule has 0 saturated heterocycles. The summed E-state index contributed by atoms with van der Waals surface area (Å²) in [5.74, 6) is 1.45. The van der Waals surface area contributed by atoms with E-state index >= 15 is 0 Å². The zero-order valence-electron chi connectivity index (χ0n) is 11.6. The van der Waals surface area contributed by atoms with E-state index in [9.17, 15) is 4.79 Å². The number of H-pyrrole nitrogens is 1. The summed E-state index contributed by atoms with van der Waals surface area (Å²) >= 11 is 0. The number of nitrogens with zero attached hydrogens (tertiary/aromatic N) is 4. The number of aromatic amines is 1. The molecule has 8 heteroatoms. The van der Waals surface area contributed by atoms with Crippen LogP contribution < -0.4 is 5.73 Å². The molecule has 0 aliphatic carbocycles. The molecule has 0 unspecified atom stereocenters. The van der Waals surface area contributed by atoms with Gasteiger partial charge in [-0.15, -0.1) is 0 Å². The Morgan fingerprint density at radius 2 is 2.35 bits per heavy atom. The third-order valence-electron chi connectivity index (χ3n) is 3.04. The van der Waals surface area contributed by atoms with E-state index in [1.54, 1.807) is 0 Å². The van der Waals surface area contributed by atoms with Crippen LogP contribution >= 0.6 is 0 Å². The summed E-state index contributed by atoms with van der Waals surface area (Å²) in [4.78, 5) is 19.9. The number of carbonyl (C=O) groups excluding carboxylic acids is 1. The minimum absolute atomic E-state index is 0.184. The van der Waals surface area contributed by atoms with Gasteiger partial charge in [-0.2, -0.15) is 5.10 Å². The first kappa shape index (κ1) is 14.0. The van der Waals surface area contributed by atoms with Crippen molar-refractivity contribution in [3.8, 4) is 0 Å². The number of nitrogens with one attached hydrogen (secondary N) is 1. The molecule has 20 heavy (non-hydrogen) atoms. The molecule has 0 fully saturated rings. The van der Waals surface area contributed by atoms with Gasteiger partial charge in [0.25, 0.3) is 0 Å². The topological polar surface area (TPSA) is 112 Å². The van der Waals surface area contributed by atoms with Crippen LogP contribution in [-0.2, 0) is 24.1 Å². The van der Waals surface area contributed by atoms with E-state index < -0.39 is 5.97 Å². The molecule has 108 valence electrons. The van der Waals surface area contributed by atoms with E-state index in [-0.39, 0.29) is 5.69 Å². The Morgan fingerprint density at radius 3 is 2.95 bits per heavy atom. The van der Waals surface area contributed by atoms with Gasteiger partial charge >= 0.3 is 5.97 Å². The van der Waals surface area contributed by atoms with Gasteiger partial charge in [-0.25, -0.2) is 14.8 Å². The maximum absolute atomic E-state index is 11.6. The number of hydrogen-bond acceptors (Lipinski definition) is 6. The number of nitrogen functional groups attached to an aromatic ring is 1. The molecule has 2 heterocycles.